The van der Waals surface area contributed by atoms with Crippen LogP contribution in [0.5, 0.6) is 0 Å². The minimum atomic E-state index is 0.0672. The van der Waals surface area contributed by atoms with Gasteiger partial charge in [-0.25, -0.2) is 0 Å². The standard InChI is InChI=1S/C11H19N5O/c1-15-5-2-10(14-15)8-13-11(17)9-16-6-3-12-4-7-16/h2,5,12H,3-4,6-9H2,1H3,(H,13,17). The van der Waals surface area contributed by atoms with E-state index in [2.05, 4.69) is 20.6 Å². The predicted molar refractivity (Wildman–Crippen MR) is 64.4 cm³/mol. The van der Waals surface area contributed by atoms with Crippen LogP contribution in [0.1, 0.15) is 5.69 Å². The molecular formula is C11H19N5O. The SMILES string of the molecule is Cn1ccc(CNC(=O)CN2CCNCC2)n1. The van der Waals surface area contributed by atoms with Crippen molar-refractivity contribution in [3.63, 3.8) is 0 Å². The van der Waals surface area contributed by atoms with Crippen molar-refractivity contribution in [3.8, 4) is 0 Å². The van der Waals surface area contributed by atoms with Crippen LogP contribution in [-0.2, 0) is 18.4 Å². The maximum absolute atomic E-state index is 11.7. The maximum atomic E-state index is 11.7. The molecule has 0 bridgehead atoms. The number of hydrogen-bond donors (Lipinski definition) is 2. The summed E-state index contributed by atoms with van der Waals surface area (Å²) in [6.07, 6.45) is 1.87. The monoisotopic (exact) mass is 237 g/mol. The highest BCUT2D eigenvalue weighted by atomic mass is 16.2. The van der Waals surface area contributed by atoms with Gasteiger partial charge in [0.2, 0.25) is 5.91 Å². The van der Waals surface area contributed by atoms with E-state index < -0.39 is 0 Å². The van der Waals surface area contributed by atoms with Gasteiger partial charge >= 0.3 is 0 Å². The molecule has 1 aliphatic heterocycles. The van der Waals surface area contributed by atoms with Crippen molar-refractivity contribution >= 4 is 5.91 Å². The Kier molecular flexibility index (Phi) is 4.11. The largest absolute Gasteiger partial charge is 0.349 e. The highest BCUT2D eigenvalue weighted by Gasteiger charge is 2.13. The van der Waals surface area contributed by atoms with Crippen molar-refractivity contribution < 1.29 is 4.79 Å². The molecule has 0 spiro atoms. The molecule has 6 heteroatoms. The van der Waals surface area contributed by atoms with Crippen LogP contribution in [0.25, 0.3) is 0 Å². The van der Waals surface area contributed by atoms with Crippen molar-refractivity contribution in [2.24, 2.45) is 7.05 Å². The molecule has 0 aromatic carbocycles. The lowest BCUT2D eigenvalue weighted by molar-refractivity contribution is -0.122. The van der Waals surface area contributed by atoms with Gasteiger partial charge in [-0.2, -0.15) is 5.10 Å². The van der Waals surface area contributed by atoms with Gasteiger partial charge in [-0.3, -0.25) is 14.4 Å². The molecular weight excluding hydrogens is 218 g/mol. The summed E-state index contributed by atoms with van der Waals surface area (Å²) in [6.45, 7) is 4.80. The van der Waals surface area contributed by atoms with Crippen molar-refractivity contribution in [3.05, 3.63) is 18.0 Å². The molecule has 2 heterocycles. The Bertz CT molecular complexity index is 370. The van der Waals surface area contributed by atoms with E-state index >= 15 is 0 Å². The molecule has 0 unspecified atom stereocenters. The molecule has 1 aliphatic rings. The van der Waals surface area contributed by atoms with Crippen LogP contribution in [0.15, 0.2) is 12.3 Å². The fourth-order valence-electron chi connectivity index (χ4n) is 1.87. The third kappa shape index (κ3) is 3.83. The zero-order chi connectivity index (χ0) is 12.1. The third-order valence-corrected chi connectivity index (χ3v) is 2.81. The third-order valence-electron chi connectivity index (χ3n) is 2.81. The molecule has 0 aliphatic carbocycles. The topological polar surface area (TPSA) is 62.2 Å². The molecule has 0 radical (unpaired) electrons. The number of carbonyl (C=O) groups is 1. The zero-order valence-corrected chi connectivity index (χ0v) is 10.1. The van der Waals surface area contributed by atoms with Gasteiger partial charge in [0, 0.05) is 39.4 Å². The highest BCUT2D eigenvalue weighted by molar-refractivity contribution is 5.77. The van der Waals surface area contributed by atoms with Crippen LogP contribution in [0.2, 0.25) is 0 Å². The lowest BCUT2D eigenvalue weighted by atomic mass is 10.3. The van der Waals surface area contributed by atoms with Crippen LogP contribution >= 0.6 is 0 Å². The van der Waals surface area contributed by atoms with Crippen molar-refractivity contribution in [1.29, 1.82) is 0 Å². The Hall–Kier alpha value is -1.40. The van der Waals surface area contributed by atoms with Crippen molar-refractivity contribution in [1.82, 2.24) is 25.3 Å². The van der Waals surface area contributed by atoms with E-state index in [1.165, 1.54) is 0 Å². The summed E-state index contributed by atoms with van der Waals surface area (Å²) in [5, 5.41) is 10.4. The predicted octanol–water partition coefficient (Wildman–Crippen LogP) is -1.06. The fraction of sp³-hybridized carbons (Fsp3) is 0.636. The summed E-state index contributed by atoms with van der Waals surface area (Å²) in [5.41, 5.74) is 0.890. The molecule has 1 saturated heterocycles. The average Bonchev–Trinajstić information content (AvgIpc) is 2.74. The van der Waals surface area contributed by atoms with Gasteiger partial charge in [-0.05, 0) is 6.07 Å². The number of amides is 1. The lowest BCUT2D eigenvalue weighted by Gasteiger charge is -2.26. The van der Waals surface area contributed by atoms with Gasteiger partial charge in [-0.1, -0.05) is 0 Å². The molecule has 2 N–H and O–H groups in total. The van der Waals surface area contributed by atoms with E-state index in [0.717, 1.165) is 31.9 Å². The molecule has 0 atom stereocenters. The summed E-state index contributed by atoms with van der Waals surface area (Å²) >= 11 is 0. The molecule has 94 valence electrons. The molecule has 1 fully saturated rings. The fourth-order valence-corrected chi connectivity index (χ4v) is 1.87. The van der Waals surface area contributed by atoms with Gasteiger partial charge in [0.25, 0.3) is 0 Å². The second kappa shape index (κ2) is 5.79. The normalized spacial score (nSPS) is 17.0. The first-order valence-electron chi connectivity index (χ1n) is 5.92. The number of aromatic nitrogens is 2. The second-order valence-corrected chi connectivity index (χ2v) is 4.28. The molecule has 2 rings (SSSR count). The molecule has 17 heavy (non-hydrogen) atoms. The van der Waals surface area contributed by atoms with Crippen LogP contribution < -0.4 is 10.6 Å². The molecule has 0 saturated carbocycles. The van der Waals surface area contributed by atoms with Gasteiger partial charge < -0.3 is 10.6 Å². The number of nitrogens with one attached hydrogen (secondary N) is 2. The summed E-state index contributed by atoms with van der Waals surface area (Å²) < 4.78 is 1.73. The van der Waals surface area contributed by atoms with E-state index in [1.54, 1.807) is 4.68 Å². The van der Waals surface area contributed by atoms with Gasteiger partial charge in [0.1, 0.15) is 0 Å². The van der Waals surface area contributed by atoms with Crippen LogP contribution in [0.3, 0.4) is 0 Å². The number of aryl methyl sites for hydroxylation is 1. The van der Waals surface area contributed by atoms with Gasteiger partial charge in [0.15, 0.2) is 0 Å². The van der Waals surface area contributed by atoms with Crippen molar-refractivity contribution in [2.75, 3.05) is 32.7 Å². The van der Waals surface area contributed by atoms with Crippen LogP contribution in [0.4, 0.5) is 0 Å². The Labute approximate surface area is 101 Å². The Balaban J connectivity index is 1.70. The smallest absolute Gasteiger partial charge is 0.234 e. The highest BCUT2D eigenvalue weighted by Crippen LogP contribution is 1.94. The van der Waals surface area contributed by atoms with E-state index in [-0.39, 0.29) is 5.91 Å². The summed E-state index contributed by atoms with van der Waals surface area (Å²) in [6, 6.07) is 1.91. The minimum Gasteiger partial charge on any atom is -0.349 e. The number of piperazine rings is 1. The summed E-state index contributed by atoms with van der Waals surface area (Å²) in [5.74, 6) is 0.0672. The number of nitrogens with zero attached hydrogens (tertiary/aromatic N) is 3. The maximum Gasteiger partial charge on any atom is 0.234 e. The van der Waals surface area contributed by atoms with E-state index in [1.807, 2.05) is 19.3 Å². The molecule has 6 nitrogen and oxygen atoms in total. The summed E-state index contributed by atoms with van der Waals surface area (Å²) in [4.78, 5) is 13.8. The minimum absolute atomic E-state index is 0.0672. The average molecular weight is 237 g/mol. The first kappa shape index (κ1) is 12.1. The second-order valence-electron chi connectivity index (χ2n) is 4.28. The van der Waals surface area contributed by atoms with Crippen LogP contribution in [-0.4, -0.2) is 53.3 Å². The first-order chi connectivity index (χ1) is 8.24. The Morgan fingerprint density at radius 2 is 2.29 bits per heavy atom. The van der Waals surface area contributed by atoms with E-state index in [0.29, 0.717) is 13.1 Å². The van der Waals surface area contributed by atoms with Gasteiger partial charge in [-0.15, -0.1) is 0 Å². The first-order valence-corrected chi connectivity index (χ1v) is 5.92. The quantitative estimate of drug-likeness (QED) is 0.701. The number of carbonyl (C=O) groups excluding carboxylic acids is 1. The number of hydrogen-bond acceptors (Lipinski definition) is 4. The van der Waals surface area contributed by atoms with Crippen LogP contribution in [0, 0.1) is 0 Å². The molecule has 1 aromatic rings. The zero-order valence-electron chi connectivity index (χ0n) is 10.1. The molecule has 1 amide bonds. The number of rotatable bonds is 4. The van der Waals surface area contributed by atoms with Crippen molar-refractivity contribution in [2.45, 2.75) is 6.54 Å². The summed E-state index contributed by atoms with van der Waals surface area (Å²) in [7, 11) is 1.87. The van der Waals surface area contributed by atoms with E-state index in [9.17, 15) is 4.79 Å². The molecule has 1 aromatic heterocycles. The van der Waals surface area contributed by atoms with E-state index in [4.69, 9.17) is 0 Å². The Morgan fingerprint density at radius 1 is 1.53 bits per heavy atom. The lowest BCUT2D eigenvalue weighted by Crippen LogP contribution is -2.47. The Morgan fingerprint density at radius 3 is 2.94 bits per heavy atom. The van der Waals surface area contributed by atoms with Gasteiger partial charge in [0.05, 0.1) is 18.8 Å².